The van der Waals surface area contributed by atoms with Gasteiger partial charge in [-0.3, -0.25) is 14.5 Å². The summed E-state index contributed by atoms with van der Waals surface area (Å²) in [6.07, 6.45) is 2.89. The zero-order chi connectivity index (χ0) is 18.1. The van der Waals surface area contributed by atoms with Crippen LogP contribution >= 0.6 is 11.3 Å². The molecule has 1 aromatic rings. The van der Waals surface area contributed by atoms with Gasteiger partial charge in [-0.15, -0.1) is 0 Å². The molecule has 26 heavy (non-hydrogen) atoms. The quantitative estimate of drug-likeness (QED) is 0.784. The van der Waals surface area contributed by atoms with E-state index in [0.717, 1.165) is 44.5 Å². The van der Waals surface area contributed by atoms with Gasteiger partial charge in [0.15, 0.2) is 0 Å². The number of hydrogen-bond acceptors (Lipinski definition) is 5. The molecule has 6 nitrogen and oxygen atoms in total. The van der Waals surface area contributed by atoms with Crippen molar-refractivity contribution >= 4 is 23.2 Å². The van der Waals surface area contributed by atoms with Gasteiger partial charge in [-0.05, 0) is 43.2 Å². The van der Waals surface area contributed by atoms with Crippen LogP contribution in [-0.4, -0.2) is 85.5 Å². The average Bonchev–Trinajstić information content (AvgIpc) is 3.31. The van der Waals surface area contributed by atoms with Crippen LogP contribution in [0.2, 0.25) is 0 Å². The Morgan fingerprint density at radius 2 is 1.88 bits per heavy atom. The fraction of sp³-hybridized carbons (Fsp3) is 0.684. The Hall–Kier alpha value is -1.44. The number of rotatable bonds is 2. The first-order chi connectivity index (χ1) is 12.6. The van der Waals surface area contributed by atoms with Gasteiger partial charge in [0.2, 0.25) is 5.91 Å². The standard InChI is InChI=1S/C19H27N3O3S/c1-20-14-19(12-16(20)18(24)22-7-9-25-10-8-22)3-5-21(6-4-19)17(23)15-2-11-26-13-15/h2,11,13,16H,3-10,12,14H2,1H3. The van der Waals surface area contributed by atoms with E-state index in [2.05, 4.69) is 11.9 Å². The Bertz CT molecular complexity index is 649. The normalized spacial score (nSPS) is 26.4. The average molecular weight is 378 g/mol. The molecule has 1 atom stereocenters. The maximum Gasteiger partial charge on any atom is 0.254 e. The molecule has 3 fully saturated rings. The molecule has 0 bridgehead atoms. The summed E-state index contributed by atoms with van der Waals surface area (Å²) in [5.41, 5.74) is 0.974. The summed E-state index contributed by atoms with van der Waals surface area (Å²) in [5.74, 6) is 0.401. The third-order valence-corrected chi connectivity index (χ3v) is 6.91. The molecule has 4 heterocycles. The number of thiophene rings is 1. The second-order valence-electron chi connectivity index (χ2n) is 7.88. The number of carbonyl (C=O) groups excluding carboxylic acids is 2. The van der Waals surface area contributed by atoms with E-state index in [-0.39, 0.29) is 23.3 Å². The van der Waals surface area contributed by atoms with Crippen LogP contribution in [0.3, 0.4) is 0 Å². The van der Waals surface area contributed by atoms with Crippen LogP contribution in [0.15, 0.2) is 16.8 Å². The van der Waals surface area contributed by atoms with E-state index in [1.54, 1.807) is 11.3 Å². The van der Waals surface area contributed by atoms with Crippen LogP contribution in [0, 0.1) is 5.41 Å². The van der Waals surface area contributed by atoms with Crippen molar-refractivity contribution in [3.63, 3.8) is 0 Å². The van der Waals surface area contributed by atoms with Gasteiger partial charge in [-0.1, -0.05) is 0 Å². The molecular formula is C19H27N3O3S. The van der Waals surface area contributed by atoms with E-state index < -0.39 is 0 Å². The number of likely N-dealkylation sites (N-methyl/N-ethyl adjacent to an activating group) is 1. The van der Waals surface area contributed by atoms with Crippen molar-refractivity contribution in [2.75, 3.05) is 53.0 Å². The van der Waals surface area contributed by atoms with E-state index in [1.807, 2.05) is 26.6 Å². The molecule has 3 aliphatic rings. The first-order valence-corrected chi connectivity index (χ1v) is 10.4. The highest BCUT2D eigenvalue weighted by molar-refractivity contribution is 7.08. The second-order valence-corrected chi connectivity index (χ2v) is 8.66. The van der Waals surface area contributed by atoms with E-state index in [1.165, 1.54) is 0 Å². The zero-order valence-electron chi connectivity index (χ0n) is 15.4. The maximum atomic E-state index is 12.9. The molecule has 142 valence electrons. The van der Waals surface area contributed by atoms with Crippen molar-refractivity contribution in [3.8, 4) is 0 Å². The fourth-order valence-corrected chi connectivity index (χ4v) is 5.28. The predicted molar refractivity (Wildman–Crippen MR) is 100 cm³/mol. The molecule has 1 aromatic heterocycles. The lowest BCUT2D eigenvalue weighted by Crippen LogP contribution is -2.48. The van der Waals surface area contributed by atoms with Crippen molar-refractivity contribution in [3.05, 3.63) is 22.4 Å². The molecule has 0 aliphatic carbocycles. The van der Waals surface area contributed by atoms with Crippen molar-refractivity contribution in [2.24, 2.45) is 5.41 Å². The number of amides is 2. The fourth-order valence-electron chi connectivity index (χ4n) is 4.66. The summed E-state index contributed by atoms with van der Waals surface area (Å²) >= 11 is 1.56. The number of nitrogens with zero attached hydrogens (tertiary/aromatic N) is 3. The summed E-state index contributed by atoms with van der Waals surface area (Å²) in [6, 6.07) is 1.88. The highest BCUT2D eigenvalue weighted by Gasteiger charge is 2.48. The Balaban J connectivity index is 1.37. The molecule has 0 N–H and O–H groups in total. The highest BCUT2D eigenvalue weighted by atomic mass is 32.1. The van der Waals surface area contributed by atoms with E-state index in [9.17, 15) is 9.59 Å². The van der Waals surface area contributed by atoms with Crippen LogP contribution in [0.5, 0.6) is 0 Å². The maximum absolute atomic E-state index is 12.9. The number of ether oxygens (including phenoxy) is 1. The van der Waals surface area contributed by atoms with Gasteiger partial charge < -0.3 is 14.5 Å². The second kappa shape index (κ2) is 7.29. The Morgan fingerprint density at radius 3 is 2.54 bits per heavy atom. The molecule has 0 aromatic carbocycles. The van der Waals surface area contributed by atoms with Gasteiger partial charge in [0.25, 0.3) is 5.91 Å². The summed E-state index contributed by atoms with van der Waals surface area (Å²) in [6.45, 7) is 5.24. The summed E-state index contributed by atoms with van der Waals surface area (Å²) in [5, 5.41) is 3.87. The number of morpholine rings is 1. The minimum Gasteiger partial charge on any atom is -0.378 e. The molecule has 1 spiro atoms. The molecule has 7 heteroatoms. The lowest BCUT2D eigenvalue weighted by molar-refractivity contribution is -0.139. The summed E-state index contributed by atoms with van der Waals surface area (Å²) in [4.78, 5) is 31.7. The summed E-state index contributed by atoms with van der Waals surface area (Å²) < 4.78 is 5.37. The molecule has 3 aliphatic heterocycles. The zero-order valence-corrected chi connectivity index (χ0v) is 16.2. The first-order valence-electron chi connectivity index (χ1n) is 9.46. The Morgan fingerprint density at radius 1 is 1.15 bits per heavy atom. The van der Waals surface area contributed by atoms with Crippen LogP contribution < -0.4 is 0 Å². The van der Waals surface area contributed by atoms with Crippen molar-refractivity contribution in [1.82, 2.24) is 14.7 Å². The van der Waals surface area contributed by atoms with Crippen molar-refractivity contribution in [1.29, 1.82) is 0 Å². The molecule has 0 saturated carbocycles. The van der Waals surface area contributed by atoms with Gasteiger partial charge in [0.1, 0.15) is 0 Å². The van der Waals surface area contributed by atoms with Crippen LogP contribution in [0.4, 0.5) is 0 Å². The van der Waals surface area contributed by atoms with Gasteiger partial charge >= 0.3 is 0 Å². The van der Waals surface area contributed by atoms with Gasteiger partial charge in [-0.2, -0.15) is 11.3 Å². The SMILES string of the molecule is CN1CC2(CCN(C(=O)c3ccsc3)CC2)CC1C(=O)N1CCOCC1. The highest BCUT2D eigenvalue weighted by Crippen LogP contribution is 2.43. The van der Waals surface area contributed by atoms with Crippen LogP contribution in [0.25, 0.3) is 0 Å². The lowest BCUT2D eigenvalue weighted by atomic mass is 9.76. The van der Waals surface area contributed by atoms with E-state index in [4.69, 9.17) is 4.74 Å². The molecule has 4 rings (SSSR count). The van der Waals surface area contributed by atoms with E-state index in [0.29, 0.717) is 26.3 Å². The monoisotopic (exact) mass is 377 g/mol. The number of carbonyl (C=O) groups is 2. The topological polar surface area (TPSA) is 53.1 Å². The number of likely N-dealkylation sites (tertiary alicyclic amines) is 2. The third-order valence-electron chi connectivity index (χ3n) is 6.23. The smallest absolute Gasteiger partial charge is 0.254 e. The number of hydrogen-bond donors (Lipinski definition) is 0. The minimum atomic E-state index is -0.0211. The Kier molecular flexibility index (Phi) is 5.03. The van der Waals surface area contributed by atoms with Crippen molar-refractivity contribution in [2.45, 2.75) is 25.3 Å². The van der Waals surface area contributed by atoms with Crippen LogP contribution in [0.1, 0.15) is 29.6 Å². The molecule has 0 radical (unpaired) electrons. The van der Waals surface area contributed by atoms with Gasteiger partial charge in [-0.25, -0.2) is 0 Å². The molecule has 3 saturated heterocycles. The molecule has 1 unspecified atom stereocenters. The van der Waals surface area contributed by atoms with Crippen LogP contribution in [-0.2, 0) is 9.53 Å². The van der Waals surface area contributed by atoms with Gasteiger partial charge in [0, 0.05) is 38.1 Å². The summed E-state index contributed by atoms with van der Waals surface area (Å²) in [7, 11) is 2.07. The number of piperidine rings is 1. The van der Waals surface area contributed by atoms with E-state index >= 15 is 0 Å². The first kappa shape index (κ1) is 17.9. The third kappa shape index (κ3) is 3.40. The van der Waals surface area contributed by atoms with Crippen molar-refractivity contribution < 1.29 is 14.3 Å². The van der Waals surface area contributed by atoms with Gasteiger partial charge in [0.05, 0.1) is 24.8 Å². The lowest BCUT2D eigenvalue weighted by Gasteiger charge is -2.39. The molecular weight excluding hydrogens is 350 g/mol. The Labute approximate surface area is 158 Å². The predicted octanol–water partition coefficient (Wildman–Crippen LogP) is 1.53. The minimum absolute atomic E-state index is 0.0211. The molecule has 2 amide bonds. The largest absolute Gasteiger partial charge is 0.378 e.